The normalized spacial score (nSPS) is 11.6. The standard InChI is InChI=1S/C20H18N2OS/c1-4-11-22-17-10-9-15(5-2)13-18(17)24-20(22)21-19(23)16-8-6-7-14(3)12-16/h1,6-10,12-13H,5,11H2,2-3H3. The number of nitrogens with zero attached hydrogens (tertiary/aromatic N) is 2. The zero-order valence-corrected chi connectivity index (χ0v) is 14.6. The second kappa shape index (κ2) is 6.86. The predicted octanol–water partition coefficient (Wildman–Crippen LogP) is 3.95. The zero-order chi connectivity index (χ0) is 17.1. The van der Waals surface area contributed by atoms with E-state index in [1.807, 2.05) is 29.7 Å². The van der Waals surface area contributed by atoms with Crippen molar-refractivity contribution in [1.29, 1.82) is 0 Å². The van der Waals surface area contributed by atoms with Crippen LogP contribution in [-0.2, 0) is 13.0 Å². The average Bonchev–Trinajstić information content (AvgIpc) is 2.91. The third-order valence-corrected chi connectivity index (χ3v) is 4.91. The second-order valence-corrected chi connectivity index (χ2v) is 6.63. The second-order valence-electron chi connectivity index (χ2n) is 5.62. The molecule has 0 unspecified atom stereocenters. The first kappa shape index (κ1) is 16.2. The molecule has 0 N–H and O–H groups in total. The molecule has 0 bridgehead atoms. The van der Waals surface area contributed by atoms with Crippen molar-refractivity contribution in [2.45, 2.75) is 26.8 Å². The van der Waals surface area contributed by atoms with E-state index in [2.05, 4.69) is 36.0 Å². The van der Waals surface area contributed by atoms with Gasteiger partial charge in [-0.2, -0.15) is 4.99 Å². The Morgan fingerprint density at radius 3 is 2.83 bits per heavy atom. The van der Waals surface area contributed by atoms with Crippen molar-refractivity contribution < 1.29 is 4.79 Å². The van der Waals surface area contributed by atoms with Crippen LogP contribution in [0.2, 0.25) is 0 Å². The Morgan fingerprint density at radius 1 is 1.29 bits per heavy atom. The van der Waals surface area contributed by atoms with Gasteiger partial charge in [0.2, 0.25) is 0 Å². The first-order chi connectivity index (χ1) is 11.6. The molecule has 0 fully saturated rings. The maximum atomic E-state index is 12.5. The highest BCUT2D eigenvalue weighted by Crippen LogP contribution is 2.19. The fourth-order valence-corrected chi connectivity index (χ4v) is 3.69. The van der Waals surface area contributed by atoms with Crippen molar-refractivity contribution >= 4 is 27.5 Å². The molecule has 1 amide bonds. The lowest BCUT2D eigenvalue weighted by Gasteiger charge is -2.01. The summed E-state index contributed by atoms with van der Waals surface area (Å²) in [5.74, 6) is 2.41. The SMILES string of the molecule is C#CCn1c(=NC(=O)c2cccc(C)c2)sc2cc(CC)ccc21. The molecule has 0 spiro atoms. The van der Waals surface area contributed by atoms with Crippen molar-refractivity contribution in [1.82, 2.24) is 4.57 Å². The zero-order valence-electron chi connectivity index (χ0n) is 13.7. The summed E-state index contributed by atoms with van der Waals surface area (Å²) in [6.45, 7) is 4.48. The molecule has 3 aromatic rings. The van der Waals surface area contributed by atoms with Gasteiger partial charge in [-0.3, -0.25) is 4.79 Å². The van der Waals surface area contributed by atoms with Crippen LogP contribution in [0.4, 0.5) is 0 Å². The minimum Gasteiger partial charge on any atom is -0.305 e. The molecule has 1 aromatic heterocycles. The van der Waals surface area contributed by atoms with Gasteiger partial charge >= 0.3 is 0 Å². The van der Waals surface area contributed by atoms with E-state index in [9.17, 15) is 4.79 Å². The minimum absolute atomic E-state index is 0.244. The van der Waals surface area contributed by atoms with Gasteiger partial charge in [0.1, 0.15) is 0 Å². The lowest BCUT2D eigenvalue weighted by Crippen LogP contribution is -2.16. The summed E-state index contributed by atoms with van der Waals surface area (Å²) in [7, 11) is 0. The molecule has 0 saturated carbocycles. The molecule has 0 saturated heterocycles. The monoisotopic (exact) mass is 334 g/mol. The van der Waals surface area contributed by atoms with Crippen molar-refractivity contribution in [3.63, 3.8) is 0 Å². The first-order valence-electron chi connectivity index (χ1n) is 7.84. The van der Waals surface area contributed by atoms with E-state index >= 15 is 0 Å². The third-order valence-electron chi connectivity index (χ3n) is 3.87. The van der Waals surface area contributed by atoms with Gasteiger partial charge in [0.25, 0.3) is 5.91 Å². The van der Waals surface area contributed by atoms with Crippen LogP contribution in [0.5, 0.6) is 0 Å². The summed E-state index contributed by atoms with van der Waals surface area (Å²) < 4.78 is 3.02. The molecule has 2 aromatic carbocycles. The van der Waals surface area contributed by atoms with E-state index < -0.39 is 0 Å². The van der Waals surface area contributed by atoms with Crippen LogP contribution in [0.1, 0.15) is 28.4 Å². The maximum Gasteiger partial charge on any atom is 0.279 e. The smallest absolute Gasteiger partial charge is 0.279 e. The van der Waals surface area contributed by atoms with Gasteiger partial charge in [0, 0.05) is 5.56 Å². The Labute approximate surface area is 145 Å². The molecule has 0 radical (unpaired) electrons. The van der Waals surface area contributed by atoms with Gasteiger partial charge in [-0.25, -0.2) is 0 Å². The van der Waals surface area contributed by atoms with Gasteiger partial charge in [-0.05, 0) is 43.2 Å². The number of fused-ring (bicyclic) bond motifs is 1. The number of aryl methyl sites for hydroxylation is 2. The molecule has 0 aliphatic carbocycles. The lowest BCUT2D eigenvalue weighted by molar-refractivity contribution is 0.0998. The van der Waals surface area contributed by atoms with Gasteiger partial charge < -0.3 is 4.57 Å². The number of aromatic nitrogens is 1. The molecular weight excluding hydrogens is 316 g/mol. The van der Waals surface area contributed by atoms with Crippen LogP contribution in [0.15, 0.2) is 47.5 Å². The van der Waals surface area contributed by atoms with E-state index in [0.29, 0.717) is 16.9 Å². The maximum absolute atomic E-state index is 12.5. The van der Waals surface area contributed by atoms with Gasteiger partial charge in [0.05, 0.1) is 16.8 Å². The van der Waals surface area contributed by atoms with Crippen molar-refractivity contribution in [2.24, 2.45) is 4.99 Å². The molecule has 1 heterocycles. The highest BCUT2D eigenvalue weighted by Gasteiger charge is 2.09. The number of terminal acetylenes is 1. The fraction of sp³-hybridized carbons (Fsp3) is 0.200. The number of carbonyl (C=O) groups excluding carboxylic acids is 1. The molecule has 120 valence electrons. The highest BCUT2D eigenvalue weighted by molar-refractivity contribution is 7.16. The number of thiazole rings is 1. The number of carbonyl (C=O) groups is 1. The van der Waals surface area contributed by atoms with Crippen LogP contribution in [0.25, 0.3) is 10.2 Å². The number of hydrogen-bond acceptors (Lipinski definition) is 2. The summed E-state index contributed by atoms with van der Waals surface area (Å²) in [4.78, 5) is 17.5. The largest absolute Gasteiger partial charge is 0.305 e. The summed E-state index contributed by atoms with van der Waals surface area (Å²) in [6.07, 6.45) is 6.47. The Hall–Kier alpha value is -2.64. The molecule has 24 heavy (non-hydrogen) atoms. The molecule has 0 aliphatic rings. The van der Waals surface area contributed by atoms with E-state index in [0.717, 1.165) is 22.2 Å². The molecule has 3 nitrogen and oxygen atoms in total. The molecule has 3 rings (SSSR count). The number of rotatable bonds is 3. The van der Waals surface area contributed by atoms with Crippen molar-refractivity contribution in [2.75, 3.05) is 0 Å². The van der Waals surface area contributed by atoms with Gasteiger partial charge in [-0.15, -0.1) is 6.42 Å². The van der Waals surface area contributed by atoms with E-state index in [1.165, 1.54) is 16.9 Å². The highest BCUT2D eigenvalue weighted by atomic mass is 32.1. The van der Waals surface area contributed by atoms with Crippen molar-refractivity contribution in [3.05, 3.63) is 64.0 Å². The van der Waals surface area contributed by atoms with Crippen LogP contribution < -0.4 is 4.80 Å². The number of hydrogen-bond donors (Lipinski definition) is 0. The van der Waals surface area contributed by atoms with Crippen LogP contribution in [-0.4, -0.2) is 10.5 Å². The molecule has 0 atom stereocenters. The number of benzene rings is 2. The summed E-state index contributed by atoms with van der Waals surface area (Å²) in [5.41, 5.74) is 3.91. The third kappa shape index (κ3) is 3.17. The summed E-state index contributed by atoms with van der Waals surface area (Å²) in [5, 5.41) is 0. The minimum atomic E-state index is -0.244. The predicted molar refractivity (Wildman–Crippen MR) is 99.1 cm³/mol. The van der Waals surface area contributed by atoms with Gasteiger partial charge in [-0.1, -0.05) is 47.9 Å². The van der Waals surface area contributed by atoms with E-state index in [1.54, 1.807) is 6.07 Å². The topological polar surface area (TPSA) is 34.4 Å². The first-order valence-corrected chi connectivity index (χ1v) is 8.65. The van der Waals surface area contributed by atoms with Crippen molar-refractivity contribution in [3.8, 4) is 12.3 Å². The van der Waals surface area contributed by atoms with E-state index in [-0.39, 0.29) is 5.91 Å². The Balaban J connectivity index is 2.15. The Morgan fingerprint density at radius 2 is 2.12 bits per heavy atom. The Kier molecular flexibility index (Phi) is 4.64. The molecular formula is C20H18N2OS. The van der Waals surface area contributed by atoms with Crippen LogP contribution in [0, 0.1) is 19.3 Å². The summed E-state index contributed by atoms with van der Waals surface area (Å²) in [6, 6.07) is 13.7. The Bertz CT molecular complexity index is 1020. The van der Waals surface area contributed by atoms with Crippen LogP contribution >= 0.6 is 11.3 Å². The van der Waals surface area contributed by atoms with Gasteiger partial charge in [0.15, 0.2) is 4.80 Å². The van der Waals surface area contributed by atoms with E-state index in [4.69, 9.17) is 6.42 Å². The average molecular weight is 334 g/mol. The molecule has 4 heteroatoms. The summed E-state index contributed by atoms with van der Waals surface area (Å²) >= 11 is 1.50. The number of amides is 1. The lowest BCUT2D eigenvalue weighted by atomic mass is 10.1. The van der Waals surface area contributed by atoms with Crippen LogP contribution in [0.3, 0.4) is 0 Å². The molecule has 0 aliphatic heterocycles. The fourth-order valence-electron chi connectivity index (χ4n) is 2.60. The quantitative estimate of drug-likeness (QED) is 0.668.